The lowest BCUT2D eigenvalue weighted by Gasteiger charge is -2.17. The number of hydrogen-bond donors (Lipinski definition) is 0. The number of hydrogen-bond acceptors (Lipinski definition) is 4. The molecule has 2 aromatic carbocycles. The molecule has 0 saturated heterocycles. The summed E-state index contributed by atoms with van der Waals surface area (Å²) in [6.45, 7) is 0.994. The zero-order valence-electron chi connectivity index (χ0n) is 17.3. The summed E-state index contributed by atoms with van der Waals surface area (Å²) in [6.07, 6.45) is -2.12. The molecule has 1 amide bonds. The Hall–Kier alpha value is -3.49. The highest BCUT2D eigenvalue weighted by Gasteiger charge is 2.44. The van der Waals surface area contributed by atoms with Crippen molar-refractivity contribution < 1.29 is 22.8 Å². The monoisotopic (exact) mass is 440 g/mol. The normalized spacial score (nSPS) is 19.9. The lowest BCUT2D eigenvalue weighted by atomic mass is 9.97. The van der Waals surface area contributed by atoms with Crippen LogP contribution in [0.5, 0.6) is 0 Å². The number of aryl methyl sites for hydroxylation is 1. The van der Waals surface area contributed by atoms with Gasteiger partial charge >= 0.3 is 6.18 Å². The molecule has 0 spiro atoms. The van der Waals surface area contributed by atoms with Gasteiger partial charge in [0.05, 0.1) is 12.1 Å². The van der Waals surface area contributed by atoms with Crippen LogP contribution in [0.3, 0.4) is 0 Å². The Kier molecular flexibility index (Phi) is 4.47. The molecule has 2 heterocycles. The van der Waals surface area contributed by atoms with Crippen LogP contribution in [-0.4, -0.2) is 26.5 Å². The standard InChI is InChI=1S/C23H19F3N4O2/c1-12(31)14-7-18-19(20(8-14)23(24,25)26)10-30(22(18)32)15-5-3-4-13(6-15)16-9-17(16)21-28-27-11-29(21)2/h3-8,11,16-17H,9-10H2,1-2H3/t16-,17-/m1/s1. The Morgan fingerprint density at radius 1 is 1.16 bits per heavy atom. The SMILES string of the molecule is CC(=O)c1cc2c(c(C(F)(F)F)c1)CN(c1cccc([C@H]3C[C@H]3c3nncn3C)c1)C2=O. The van der Waals surface area contributed by atoms with Crippen LogP contribution < -0.4 is 4.90 Å². The number of amides is 1. The minimum atomic E-state index is -4.66. The van der Waals surface area contributed by atoms with Gasteiger partial charge in [0.15, 0.2) is 5.78 Å². The number of rotatable bonds is 4. The quantitative estimate of drug-likeness (QED) is 0.562. The Balaban J connectivity index is 1.48. The molecule has 164 valence electrons. The van der Waals surface area contributed by atoms with E-state index in [1.807, 2.05) is 23.7 Å². The number of carbonyl (C=O) groups excluding carboxylic acids is 2. The van der Waals surface area contributed by atoms with Gasteiger partial charge in [-0.2, -0.15) is 13.2 Å². The van der Waals surface area contributed by atoms with Gasteiger partial charge in [-0.05, 0) is 54.7 Å². The molecule has 1 aliphatic carbocycles. The van der Waals surface area contributed by atoms with Gasteiger partial charge in [-0.25, -0.2) is 0 Å². The lowest BCUT2D eigenvalue weighted by Crippen LogP contribution is -2.23. The van der Waals surface area contributed by atoms with E-state index in [0.717, 1.165) is 23.9 Å². The molecule has 2 atom stereocenters. The molecule has 0 radical (unpaired) electrons. The summed E-state index contributed by atoms with van der Waals surface area (Å²) >= 11 is 0. The maximum absolute atomic E-state index is 13.7. The molecule has 1 aliphatic heterocycles. The van der Waals surface area contributed by atoms with Crippen molar-refractivity contribution in [3.05, 3.63) is 76.4 Å². The van der Waals surface area contributed by atoms with Crippen LogP contribution in [-0.2, 0) is 19.8 Å². The second-order valence-electron chi connectivity index (χ2n) is 8.34. The van der Waals surface area contributed by atoms with Gasteiger partial charge in [-0.15, -0.1) is 10.2 Å². The Labute approximate surface area is 181 Å². The van der Waals surface area contributed by atoms with E-state index in [0.29, 0.717) is 5.69 Å². The zero-order valence-corrected chi connectivity index (χ0v) is 17.3. The smallest absolute Gasteiger partial charge is 0.320 e. The molecule has 1 aromatic heterocycles. The first-order valence-corrected chi connectivity index (χ1v) is 10.2. The second kappa shape index (κ2) is 7.01. The van der Waals surface area contributed by atoms with Gasteiger partial charge in [-0.3, -0.25) is 9.59 Å². The fourth-order valence-electron chi connectivity index (χ4n) is 4.47. The summed E-state index contributed by atoms with van der Waals surface area (Å²) < 4.78 is 42.9. The molecule has 6 nitrogen and oxygen atoms in total. The number of carbonyl (C=O) groups is 2. The summed E-state index contributed by atoms with van der Waals surface area (Å²) in [5, 5.41) is 8.08. The van der Waals surface area contributed by atoms with Crippen molar-refractivity contribution in [3.8, 4) is 0 Å². The molecule has 32 heavy (non-hydrogen) atoms. The van der Waals surface area contributed by atoms with Crippen molar-refractivity contribution in [1.29, 1.82) is 0 Å². The first-order chi connectivity index (χ1) is 15.1. The van der Waals surface area contributed by atoms with Crippen molar-refractivity contribution in [2.75, 3.05) is 4.90 Å². The van der Waals surface area contributed by atoms with E-state index < -0.39 is 23.4 Å². The van der Waals surface area contributed by atoms with Crippen LogP contribution in [0.4, 0.5) is 18.9 Å². The van der Waals surface area contributed by atoms with Crippen molar-refractivity contribution >= 4 is 17.4 Å². The lowest BCUT2D eigenvalue weighted by molar-refractivity contribution is -0.138. The summed E-state index contributed by atoms with van der Waals surface area (Å²) in [5.41, 5.74) is 0.311. The number of benzene rings is 2. The zero-order chi connectivity index (χ0) is 22.8. The summed E-state index contributed by atoms with van der Waals surface area (Å²) in [5.74, 6) is 0.269. The van der Waals surface area contributed by atoms with Crippen LogP contribution in [0.1, 0.15) is 68.4 Å². The molecule has 2 aliphatic rings. The average Bonchev–Trinajstić information content (AvgIpc) is 3.31. The molecule has 0 unspecified atom stereocenters. The minimum absolute atomic E-state index is 0.0705. The summed E-state index contributed by atoms with van der Waals surface area (Å²) in [4.78, 5) is 26.2. The maximum atomic E-state index is 13.7. The molecule has 3 aromatic rings. The maximum Gasteiger partial charge on any atom is 0.416 e. The number of fused-ring (bicyclic) bond motifs is 1. The largest absolute Gasteiger partial charge is 0.416 e. The molecular formula is C23H19F3N4O2. The van der Waals surface area contributed by atoms with Crippen molar-refractivity contribution in [1.82, 2.24) is 14.8 Å². The molecule has 0 N–H and O–H groups in total. The van der Waals surface area contributed by atoms with Crippen molar-refractivity contribution in [3.63, 3.8) is 0 Å². The second-order valence-corrected chi connectivity index (χ2v) is 8.34. The number of Topliss-reactive ketones (excluding diaryl/α,β-unsaturated/α-hetero) is 1. The fraction of sp³-hybridized carbons (Fsp3) is 0.304. The molecular weight excluding hydrogens is 421 g/mol. The van der Waals surface area contributed by atoms with E-state index in [9.17, 15) is 22.8 Å². The highest BCUT2D eigenvalue weighted by Crippen LogP contribution is 2.54. The third kappa shape index (κ3) is 3.28. The van der Waals surface area contributed by atoms with Gasteiger partial charge in [0.2, 0.25) is 0 Å². The number of nitrogens with zero attached hydrogens (tertiary/aromatic N) is 4. The van der Waals surface area contributed by atoms with E-state index >= 15 is 0 Å². The van der Waals surface area contributed by atoms with Crippen LogP contribution in [0.15, 0.2) is 42.7 Å². The van der Waals surface area contributed by atoms with E-state index in [-0.39, 0.29) is 35.1 Å². The Morgan fingerprint density at radius 3 is 2.59 bits per heavy atom. The van der Waals surface area contributed by atoms with Crippen LogP contribution >= 0.6 is 0 Å². The van der Waals surface area contributed by atoms with Gasteiger partial charge in [0, 0.05) is 29.8 Å². The molecule has 1 fully saturated rings. The molecule has 9 heteroatoms. The number of anilines is 1. The fourth-order valence-corrected chi connectivity index (χ4v) is 4.47. The predicted molar refractivity (Wildman–Crippen MR) is 110 cm³/mol. The van der Waals surface area contributed by atoms with Crippen LogP contribution in [0.2, 0.25) is 0 Å². The van der Waals surface area contributed by atoms with Crippen LogP contribution in [0, 0.1) is 0 Å². The van der Waals surface area contributed by atoms with E-state index in [1.165, 1.54) is 17.9 Å². The van der Waals surface area contributed by atoms with Gasteiger partial charge in [-0.1, -0.05) is 12.1 Å². The molecule has 1 saturated carbocycles. The van der Waals surface area contributed by atoms with Gasteiger partial charge in [0.1, 0.15) is 12.2 Å². The first-order valence-electron chi connectivity index (χ1n) is 10.2. The average molecular weight is 440 g/mol. The van der Waals surface area contributed by atoms with Gasteiger partial charge < -0.3 is 9.47 Å². The topological polar surface area (TPSA) is 68.1 Å². The third-order valence-electron chi connectivity index (χ3n) is 6.23. The highest BCUT2D eigenvalue weighted by atomic mass is 19.4. The number of halogens is 3. The summed E-state index contributed by atoms with van der Waals surface area (Å²) in [7, 11) is 1.88. The first kappa shape index (κ1) is 20.4. The van der Waals surface area contributed by atoms with Crippen molar-refractivity contribution in [2.24, 2.45) is 7.05 Å². The van der Waals surface area contributed by atoms with Gasteiger partial charge in [0.25, 0.3) is 5.91 Å². The van der Waals surface area contributed by atoms with Crippen LogP contribution in [0.25, 0.3) is 0 Å². The van der Waals surface area contributed by atoms with E-state index in [4.69, 9.17) is 0 Å². The third-order valence-corrected chi connectivity index (χ3v) is 6.23. The summed E-state index contributed by atoms with van der Waals surface area (Å²) in [6, 6.07) is 9.43. The number of alkyl halides is 3. The Morgan fingerprint density at radius 2 is 1.94 bits per heavy atom. The molecule has 5 rings (SSSR count). The number of ketones is 1. The predicted octanol–water partition coefficient (Wildman–Crippen LogP) is 4.47. The van der Waals surface area contributed by atoms with Crippen molar-refractivity contribution in [2.45, 2.75) is 37.9 Å². The van der Waals surface area contributed by atoms with E-state index in [1.54, 1.807) is 18.5 Å². The molecule has 0 bridgehead atoms. The highest BCUT2D eigenvalue weighted by molar-refractivity contribution is 6.11. The number of aromatic nitrogens is 3. The Bertz CT molecular complexity index is 1260. The minimum Gasteiger partial charge on any atom is -0.320 e. The van der Waals surface area contributed by atoms with E-state index in [2.05, 4.69) is 10.2 Å².